The van der Waals surface area contributed by atoms with Crippen LogP contribution in [0.3, 0.4) is 0 Å². The first kappa shape index (κ1) is 14.5. The monoisotopic (exact) mass is 316 g/mol. The Morgan fingerprint density at radius 2 is 1.86 bits per heavy atom. The van der Waals surface area contributed by atoms with E-state index in [-0.39, 0.29) is 17.1 Å². The molecule has 1 aliphatic heterocycles. The summed E-state index contributed by atoms with van der Waals surface area (Å²) < 4.78 is 40.8. The molecule has 3 rings (SSSR count). The third kappa shape index (κ3) is 2.34. The van der Waals surface area contributed by atoms with Crippen molar-refractivity contribution in [3.8, 4) is 6.07 Å². The Labute approximate surface area is 128 Å². The van der Waals surface area contributed by atoms with Gasteiger partial charge in [-0.15, -0.1) is 0 Å². The molecule has 1 heterocycles. The van der Waals surface area contributed by atoms with Gasteiger partial charge in [-0.3, -0.25) is 4.31 Å². The molecule has 0 saturated heterocycles. The average Bonchev–Trinajstić information content (AvgIpc) is 2.54. The zero-order chi connectivity index (χ0) is 15.7. The fourth-order valence-electron chi connectivity index (χ4n) is 2.63. The van der Waals surface area contributed by atoms with Crippen molar-refractivity contribution in [2.45, 2.75) is 17.7 Å². The summed E-state index contributed by atoms with van der Waals surface area (Å²) in [6, 6.07) is 12.2. The van der Waals surface area contributed by atoms with Crippen molar-refractivity contribution >= 4 is 15.7 Å². The number of nitriles is 1. The highest BCUT2D eigenvalue weighted by molar-refractivity contribution is 7.92. The summed E-state index contributed by atoms with van der Waals surface area (Å²) in [5.74, 6) is -0.533. The van der Waals surface area contributed by atoms with Crippen molar-refractivity contribution in [2.75, 3.05) is 10.8 Å². The molecule has 0 radical (unpaired) electrons. The Morgan fingerprint density at radius 1 is 1.14 bits per heavy atom. The van der Waals surface area contributed by atoms with E-state index >= 15 is 0 Å². The van der Waals surface area contributed by atoms with E-state index in [1.54, 1.807) is 12.1 Å². The van der Waals surface area contributed by atoms with Gasteiger partial charge in [-0.25, -0.2) is 12.8 Å². The molecule has 2 aromatic rings. The predicted molar refractivity (Wildman–Crippen MR) is 80.4 cm³/mol. The van der Waals surface area contributed by atoms with Gasteiger partial charge in [-0.05, 0) is 48.7 Å². The zero-order valence-electron chi connectivity index (χ0n) is 11.7. The van der Waals surface area contributed by atoms with Crippen molar-refractivity contribution < 1.29 is 12.8 Å². The predicted octanol–water partition coefficient (Wildman–Crippen LogP) is 2.84. The van der Waals surface area contributed by atoms with Crippen LogP contribution in [0.25, 0.3) is 0 Å². The normalized spacial score (nSPS) is 14.3. The van der Waals surface area contributed by atoms with Crippen molar-refractivity contribution in [1.82, 2.24) is 0 Å². The summed E-state index contributed by atoms with van der Waals surface area (Å²) in [7, 11) is -3.84. The largest absolute Gasteiger partial charge is 0.264 e. The molecule has 0 bridgehead atoms. The minimum absolute atomic E-state index is 0.0580. The number of rotatable bonds is 2. The van der Waals surface area contributed by atoms with E-state index in [0.29, 0.717) is 24.0 Å². The molecule has 0 spiro atoms. The van der Waals surface area contributed by atoms with E-state index in [1.165, 1.54) is 30.3 Å². The van der Waals surface area contributed by atoms with Crippen LogP contribution >= 0.6 is 0 Å². The molecule has 0 aliphatic carbocycles. The molecule has 22 heavy (non-hydrogen) atoms. The van der Waals surface area contributed by atoms with Crippen molar-refractivity contribution in [3.63, 3.8) is 0 Å². The zero-order valence-corrected chi connectivity index (χ0v) is 12.5. The van der Waals surface area contributed by atoms with Gasteiger partial charge in [0.05, 0.1) is 22.2 Å². The fourth-order valence-corrected chi connectivity index (χ4v) is 4.18. The summed E-state index contributed by atoms with van der Waals surface area (Å²) in [5.41, 5.74) is 1.21. The summed E-state index contributed by atoms with van der Waals surface area (Å²) >= 11 is 0. The Morgan fingerprint density at radius 3 is 2.55 bits per heavy atom. The van der Waals surface area contributed by atoms with Crippen LogP contribution in [0.5, 0.6) is 0 Å². The first-order valence-electron chi connectivity index (χ1n) is 6.84. The van der Waals surface area contributed by atoms with Gasteiger partial charge in [-0.1, -0.05) is 12.1 Å². The quantitative estimate of drug-likeness (QED) is 0.856. The molecule has 0 aromatic heterocycles. The average molecular weight is 316 g/mol. The number of halogens is 1. The number of para-hydroxylation sites is 1. The number of fused-ring (bicyclic) bond motifs is 1. The summed E-state index contributed by atoms with van der Waals surface area (Å²) in [6.07, 6.45) is 1.30. The lowest BCUT2D eigenvalue weighted by atomic mass is 10.0. The first-order valence-corrected chi connectivity index (χ1v) is 8.28. The topological polar surface area (TPSA) is 61.2 Å². The van der Waals surface area contributed by atoms with Gasteiger partial charge in [0.1, 0.15) is 5.82 Å². The van der Waals surface area contributed by atoms with Crippen LogP contribution in [0, 0.1) is 17.1 Å². The van der Waals surface area contributed by atoms with E-state index in [0.717, 1.165) is 4.31 Å². The standard InChI is InChI=1S/C16H13FN2O2S/c17-15-5-1-3-13-4-2-10-19(16(13)15)22(20,21)14-8-6-12(11-18)7-9-14/h1,3,5-9H,2,4,10H2. The van der Waals surface area contributed by atoms with E-state index in [1.807, 2.05) is 6.07 Å². The molecule has 0 atom stereocenters. The molecular weight excluding hydrogens is 303 g/mol. The van der Waals surface area contributed by atoms with Gasteiger partial charge in [0.2, 0.25) is 0 Å². The second kappa shape index (κ2) is 5.43. The second-order valence-corrected chi connectivity index (χ2v) is 6.93. The minimum Gasteiger partial charge on any atom is -0.263 e. The molecule has 0 N–H and O–H groups in total. The summed E-state index contributed by atoms with van der Waals surface area (Å²) in [4.78, 5) is 0.0580. The number of anilines is 1. The van der Waals surface area contributed by atoms with Gasteiger partial charge in [0, 0.05) is 6.54 Å². The Balaban J connectivity index is 2.09. The van der Waals surface area contributed by atoms with Crippen LogP contribution in [-0.2, 0) is 16.4 Å². The minimum atomic E-state index is -3.84. The van der Waals surface area contributed by atoms with Gasteiger partial charge in [0.25, 0.3) is 10.0 Å². The molecule has 6 heteroatoms. The molecule has 112 valence electrons. The number of hydrogen-bond donors (Lipinski definition) is 0. The maximum absolute atomic E-state index is 14.1. The SMILES string of the molecule is N#Cc1ccc(S(=O)(=O)N2CCCc3cccc(F)c32)cc1. The number of sulfonamides is 1. The highest BCUT2D eigenvalue weighted by atomic mass is 32.2. The summed E-state index contributed by atoms with van der Waals surface area (Å²) in [6.45, 7) is 0.246. The molecule has 1 aliphatic rings. The van der Waals surface area contributed by atoms with E-state index in [4.69, 9.17) is 5.26 Å². The van der Waals surface area contributed by atoms with Gasteiger partial charge < -0.3 is 0 Å². The third-order valence-electron chi connectivity index (χ3n) is 3.70. The molecule has 4 nitrogen and oxygen atoms in total. The highest BCUT2D eigenvalue weighted by Gasteiger charge is 2.31. The fraction of sp³-hybridized carbons (Fsp3) is 0.188. The molecule has 0 fully saturated rings. The molecule has 0 amide bonds. The lowest BCUT2D eigenvalue weighted by Crippen LogP contribution is -2.36. The van der Waals surface area contributed by atoms with Crippen LogP contribution in [0.2, 0.25) is 0 Å². The number of nitrogens with zero attached hydrogens (tertiary/aromatic N) is 2. The van der Waals surface area contributed by atoms with Crippen LogP contribution in [0.15, 0.2) is 47.4 Å². The Hall–Kier alpha value is -2.39. The van der Waals surface area contributed by atoms with E-state index < -0.39 is 15.8 Å². The first-order chi connectivity index (χ1) is 10.5. The second-order valence-electron chi connectivity index (χ2n) is 5.06. The molecule has 0 saturated carbocycles. The van der Waals surface area contributed by atoms with Crippen LogP contribution < -0.4 is 4.31 Å². The van der Waals surface area contributed by atoms with Gasteiger partial charge in [0.15, 0.2) is 0 Å². The van der Waals surface area contributed by atoms with Crippen LogP contribution in [0.4, 0.5) is 10.1 Å². The maximum Gasteiger partial charge on any atom is 0.264 e. The van der Waals surface area contributed by atoms with Crippen LogP contribution in [-0.4, -0.2) is 15.0 Å². The lowest BCUT2D eigenvalue weighted by Gasteiger charge is -2.30. The Kier molecular flexibility index (Phi) is 3.59. The van der Waals surface area contributed by atoms with E-state index in [9.17, 15) is 12.8 Å². The number of benzene rings is 2. The number of hydrogen-bond acceptors (Lipinski definition) is 3. The third-order valence-corrected chi connectivity index (χ3v) is 5.51. The van der Waals surface area contributed by atoms with Crippen LogP contribution in [0.1, 0.15) is 17.5 Å². The maximum atomic E-state index is 14.1. The van der Waals surface area contributed by atoms with Crippen molar-refractivity contribution in [3.05, 3.63) is 59.4 Å². The number of aryl methyl sites for hydroxylation is 1. The Bertz CT molecular complexity index is 855. The van der Waals surface area contributed by atoms with Gasteiger partial charge >= 0.3 is 0 Å². The molecule has 2 aromatic carbocycles. The van der Waals surface area contributed by atoms with Crippen molar-refractivity contribution in [2.24, 2.45) is 0 Å². The van der Waals surface area contributed by atoms with Crippen molar-refractivity contribution in [1.29, 1.82) is 5.26 Å². The summed E-state index contributed by atoms with van der Waals surface area (Å²) in [5, 5.41) is 8.79. The molecular formula is C16H13FN2O2S. The lowest BCUT2D eigenvalue weighted by molar-refractivity contribution is 0.577. The van der Waals surface area contributed by atoms with E-state index in [2.05, 4.69) is 0 Å². The molecule has 0 unspecified atom stereocenters. The highest BCUT2D eigenvalue weighted by Crippen LogP contribution is 2.34. The smallest absolute Gasteiger partial charge is 0.263 e. The van der Waals surface area contributed by atoms with Gasteiger partial charge in [-0.2, -0.15) is 5.26 Å².